The van der Waals surface area contributed by atoms with Gasteiger partial charge >= 0.3 is 0 Å². The fourth-order valence-electron chi connectivity index (χ4n) is 2.40. The van der Waals surface area contributed by atoms with E-state index in [4.69, 9.17) is 5.84 Å². The van der Waals surface area contributed by atoms with E-state index in [9.17, 15) is 8.78 Å². The van der Waals surface area contributed by atoms with E-state index in [0.717, 1.165) is 18.8 Å². The molecule has 2 aromatic rings. The SMILES string of the molecule is CCCn1ccnc1CC(NN)c1c(F)ccc(C)c1F. The van der Waals surface area contributed by atoms with Gasteiger partial charge in [0.2, 0.25) is 0 Å². The van der Waals surface area contributed by atoms with Crippen molar-refractivity contribution in [3.63, 3.8) is 0 Å². The number of nitrogens with two attached hydrogens (primary N) is 1. The maximum Gasteiger partial charge on any atom is 0.133 e. The van der Waals surface area contributed by atoms with Gasteiger partial charge in [-0.3, -0.25) is 11.3 Å². The molecular formula is C15H20F2N4. The second-order valence-electron chi connectivity index (χ2n) is 5.05. The van der Waals surface area contributed by atoms with Gasteiger partial charge in [-0.05, 0) is 25.0 Å². The molecule has 2 rings (SSSR count). The van der Waals surface area contributed by atoms with E-state index in [-0.39, 0.29) is 5.56 Å². The largest absolute Gasteiger partial charge is 0.335 e. The normalized spacial score (nSPS) is 12.6. The number of nitrogens with zero attached hydrogens (tertiary/aromatic N) is 2. The zero-order valence-electron chi connectivity index (χ0n) is 12.2. The first kappa shape index (κ1) is 15.6. The third-order valence-electron chi connectivity index (χ3n) is 3.52. The van der Waals surface area contributed by atoms with Crippen molar-refractivity contribution in [2.24, 2.45) is 5.84 Å². The quantitative estimate of drug-likeness (QED) is 0.636. The van der Waals surface area contributed by atoms with Crippen molar-refractivity contribution in [2.75, 3.05) is 0 Å². The predicted octanol–water partition coefficient (Wildman–Crippen LogP) is 2.63. The highest BCUT2D eigenvalue weighted by molar-refractivity contribution is 5.29. The molecule has 114 valence electrons. The predicted molar refractivity (Wildman–Crippen MR) is 77.4 cm³/mol. The summed E-state index contributed by atoms with van der Waals surface area (Å²) in [5.41, 5.74) is 2.86. The first-order chi connectivity index (χ1) is 10.1. The molecule has 0 spiro atoms. The van der Waals surface area contributed by atoms with Crippen LogP contribution in [0.1, 0.15) is 36.3 Å². The van der Waals surface area contributed by atoms with E-state index in [1.54, 1.807) is 13.1 Å². The van der Waals surface area contributed by atoms with Gasteiger partial charge in [0, 0.05) is 30.9 Å². The molecule has 1 aromatic heterocycles. The highest BCUT2D eigenvalue weighted by Crippen LogP contribution is 2.25. The Kier molecular flexibility index (Phi) is 5.03. The molecule has 0 radical (unpaired) electrons. The number of benzene rings is 1. The topological polar surface area (TPSA) is 55.9 Å². The average molecular weight is 294 g/mol. The van der Waals surface area contributed by atoms with E-state index in [1.807, 2.05) is 10.8 Å². The lowest BCUT2D eigenvalue weighted by atomic mass is 10.00. The molecule has 1 heterocycles. The van der Waals surface area contributed by atoms with Crippen molar-refractivity contribution in [1.82, 2.24) is 15.0 Å². The van der Waals surface area contributed by atoms with Gasteiger partial charge in [-0.15, -0.1) is 0 Å². The second-order valence-corrected chi connectivity index (χ2v) is 5.05. The van der Waals surface area contributed by atoms with Crippen LogP contribution in [0.3, 0.4) is 0 Å². The number of nitrogens with one attached hydrogen (secondary N) is 1. The molecule has 0 aliphatic rings. The molecule has 0 aliphatic carbocycles. The van der Waals surface area contributed by atoms with Crippen molar-refractivity contribution >= 4 is 0 Å². The van der Waals surface area contributed by atoms with E-state index >= 15 is 0 Å². The summed E-state index contributed by atoms with van der Waals surface area (Å²) < 4.78 is 30.2. The van der Waals surface area contributed by atoms with Crippen LogP contribution in [0.15, 0.2) is 24.5 Å². The van der Waals surface area contributed by atoms with Crippen molar-refractivity contribution in [1.29, 1.82) is 0 Å². The van der Waals surface area contributed by atoms with E-state index in [0.29, 0.717) is 12.0 Å². The fraction of sp³-hybridized carbons (Fsp3) is 0.400. The van der Waals surface area contributed by atoms with Crippen LogP contribution in [-0.2, 0) is 13.0 Å². The van der Waals surface area contributed by atoms with Crippen LogP contribution in [0.4, 0.5) is 8.78 Å². The molecular weight excluding hydrogens is 274 g/mol. The number of hydrogen-bond acceptors (Lipinski definition) is 3. The molecule has 6 heteroatoms. The molecule has 0 bridgehead atoms. The monoisotopic (exact) mass is 294 g/mol. The van der Waals surface area contributed by atoms with Gasteiger partial charge in [0.1, 0.15) is 17.5 Å². The van der Waals surface area contributed by atoms with Crippen LogP contribution >= 0.6 is 0 Å². The summed E-state index contributed by atoms with van der Waals surface area (Å²) in [6.45, 7) is 4.47. The molecule has 1 atom stereocenters. The molecule has 21 heavy (non-hydrogen) atoms. The second kappa shape index (κ2) is 6.78. The van der Waals surface area contributed by atoms with Gasteiger partial charge in [-0.1, -0.05) is 13.0 Å². The first-order valence-electron chi connectivity index (χ1n) is 6.99. The molecule has 1 aromatic carbocycles. The zero-order chi connectivity index (χ0) is 15.4. The summed E-state index contributed by atoms with van der Waals surface area (Å²) in [6.07, 6.45) is 4.81. The fourth-order valence-corrected chi connectivity index (χ4v) is 2.40. The lowest BCUT2D eigenvalue weighted by Crippen LogP contribution is -2.32. The summed E-state index contributed by atoms with van der Waals surface area (Å²) >= 11 is 0. The third-order valence-corrected chi connectivity index (χ3v) is 3.52. The molecule has 3 N–H and O–H groups in total. The number of aryl methyl sites for hydroxylation is 2. The molecule has 0 amide bonds. The van der Waals surface area contributed by atoms with Crippen molar-refractivity contribution in [2.45, 2.75) is 39.3 Å². The summed E-state index contributed by atoms with van der Waals surface area (Å²) in [4.78, 5) is 4.25. The molecule has 0 saturated heterocycles. The summed E-state index contributed by atoms with van der Waals surface area (Å²) in [5.74, 6) is 5.10. The molecule has 0 aliphatic heterocycles. The van der Waals surface area contributed by atoms with Crippen LogP contribution in [0, 0.1) is 18.6 Å². The number of imidazole rings is 1. The molecule has 1 unspecified atom stereocenters. The Bertz CT molecular complexity index is 610. The van der Waals surface area contributed by atoms with E-state index in [1.165, 1.54) is 12.1 Å². The Morgan fingerprint density at radius 1 is 1.38 bits per heavy atom. The maximum absolute atomic E-state index is 14.2. The van der Waals surface area contributed by atoms with Gasteiger partial charge < -0.3 is 4.57 Å². The van der Waals surface area contributed by atoms with Gasteiger partial charge in [0.15, 0.2) is 0 Å². The van der Waals surface area contributed by atoms with Crippen LogP contribution < -0.4 is 11.3 Å². The minimum Gasteiger partial charge on any atom is -0.335 e. The third kappa shape index (κ3) is 3.28. The Morgan fingerprint density at radius 3 is 2.81 bits per heavy atom. The van der Waals surface area contributed by atoms with Gasteiger partial charge in [-0.25, -0.2) is 13.8 Å². The summed E-state index contributed by atoms with van der Waals surface area (Å²) in [5, 5.41) is 0. The summed E-state index contributed by atoms with van der Waals surface area (Å²) in [7, 11) is 0. The number of hydrazine groups is 1. The van der Waals surface area contributed by atoms with Gasteiger partial charge in [0.25, 0.3) is 0 Å². The van der Waals surface area contributed by atoms with Crippen molar-refractivity contribution < 1.29 is 8.78 Å². The summed E-state index contributed by atoms with van der Waals surface area (Å²) in [6, 6.07) is 2.01. The van der Waals surface area contributed by atoms with Crippen molar-refractivity contribution in [3.05, 3.63) is 53.1 Å². The highest BCUT2D eigenvalue weighted by atomic mass is 19.1. The Balaban J connectivity index is 2.32. The van der Waals surface area contributed by atoms with Crippen LogP contribution in [0.2, 0.25) is 0 Å². The van der Waals surface area contributed by atoms with Gasteiger partial charge in [-0.2, -0.15) is 0 Å². The lowest BCUT2D eigenvalue weighted by Gasteiger charge is -2.19. The Labute approximate surface area is 123 Å². The minimum atomic E-state index is -0.664. The zero-order valence-corrected chi connectivity index (χ0v) is 12.2. The Hall–Kier alpha value is -1.79. The van der Waals surface area contributed by atoms with Crippen LogP contribution in [-0.4, -0.2) is 9.55 Å². The van der Waals surface area contributed by atoms with Crippen LogP contribution in [0.5, 0.6) is 0 Å². The first-order valence-corrected chi connectivity index (χ1v) is 6.99. The number of rotatable bonds is 6. The highest BCUT2D eigenvalue weighted by Gasteiger charge is 2.22. The lowest BCUT2D eigenvalue weighted by molar-refractivity contribution is 0.457. The number of aromatic nitrogens is 2. The van der Waals surface area contributed by atoms with Crippen LogP contribution in [0.25, 0.3) is 0 Å². The maximum atomic E-state index is 14.2. The van der Waals surface area contributed by atoms with E-state index in [2.05, 4.69) is 17.3 Å². The smallest absolute Gasteiger partial charge is 0.133 e. The average Bonchev–Trinajstić information content (AvgIpc) is 2.90. The molecule has 0 saturated carbocycles. The van der Waals surface area contributed by atoms with Crippen molar-refractivity contribution in [3.8, 4) is 0 Å². The molecule has 4 nitrogen and oxygen atoms in total. The minimum absolute atomic E-state index is 0.0384. The Morgan fingerprint density at radius 2 is 2.14 bits per heavy atom. The van der Waals surface area contributed by atoms with Gasteiger partial charge in [0.05, 0.1) is 6.04 Å². The standard InChI is InChI=1S/C15H20F2N4/c1-3-7-21-8-6-19-13(21)9-12(20-18)14-11(16)5-4-10(2)15(14)17/h4-6,8,12,20H,3,7,9,18H2,1-2H3. The number of hydrogen-bond donors (Lipinski definition) is 2. The van der Waals surface area contributed by atoms with E-state index < -0.39 is 17.7 Å². The number of halogens is 2. The molecule has 0 fully saturated rings.